The van der Waals surface area contributed by atoms with Crippen LogP contribution in [-0.2, 0) is 11.3 Å². The quantitative estimate of drug-likeness (QED) is 0.719. The van der Waals surface area contributed by atoms with Crippen LogP contribution in [0, 0.1) is 11.6 Å². The van der Waals surface area contributed by atoms with Crippen LogP contribution in [0.2, 0.25) is 0 Å². The van der Waals surface area contributed by atoms with Crippen molar-refractivity contribution in [3.05, 3.63) is 65.7 Å². The topological polar surface area (TPSA) is 77.1 Å². The number of rotatable bonds is 5. The smallest absolute Gasteiger partial charge is 0.339 e. The van der Waals surface area contributed by atoms with Gasteiger partial charge in [-0.15, -0.1) is 0 Å². The number of halogens is 2. The van der Waals surface area contributed by atoms with Gasteiger partial charge in [0.25, 0.3) is 0 Å². The van der Waals surface area contributed by atoms with Crippen LogP contribution in [0.15, 0.2) is 43.0 Å². The Bertz CT molecular complexity index is 912. The summed E-state index contributed by atoms with van der Waals surface area (Å²) < 4.78 is 36.9. The zero-order valence-electron chi connectivity index (χ0n) is 13.1. The molecule has 0 aliphatic carbocycles. The minimum atomic E-state index is -0.587. The summed E-state index contributed by atoms with van der Waals surface area (Å²) in [6, 6.07) is 3.94. The van der Waals surface area contributed by atoms with Gasteiger partial charge in [0.2, 0.25) is 0 Å². The van der Waals surface area contributed by atoms with Crippen molar-refractivity contribution in [1.29, 1.82) is 0 Å². The van der Waals surface area contributed by atoms with Gasteiger partial charge < -0.3 is 14.5 Å². The number of hydrogen-bond acceptors (Lipinski definition) is 5. The van der Waals surface area contributed by atoms with Gasteiger partial charge >= 0.3 is 5.97 Å². The zero-order valence-corrected chi connectivity index (χ0v) is 13.1. The molecule has 0 atom stereocenters. The van der Waals surface area contributed by atoms with E-state index in [1.165, 1.54) is 31.6 Å². The summed E-state index contributed by atoms with van der Waals surface area (Å²) in [7, 11) is 1.27. The zero-order chi connectivity index (χ0) is 17.8. The molecule has 8 heteroatoms. The van der Waals surface area contributed by atoms with Crippen molar-refractivity contribution in [1.82, 2.24) is 15.0 Å². The van der Waals surface area contributed by atoms with E-state index in [1.807, 2.05) is 0 Å². The third-order valence-corrected chi connectivity index (χ3v) is 3.33. The minimum Gasteiger partial charge on any atom is -0.486 e. The highest BCUT2D eigenvalue weighted by atomic mass is 19.1. The van der Waals surface area contributed by atoms with Gasteiger partial charge in [0.15, 0.2) is 5.75 Å². The van der Waals surface area contributed by atoms with E-state index in [2.05, 4.69) is 19.7 Å². The van der Waals surface area contributed by atoms with Gasteiger partial charge in [-0.3, -0.25) is 4.98 Å². The molecule has 0 aromatic carbocycles. The molecule has 3 rings (SSSR count). The minimum absolute atomic E-state index is 0.0204. The third-order valence-electron chi connectivity index (χ3n) is 3.33. The van der Waals surface area contributed by atoms with E-state index in [-0.39, 0.29) is 12.4 Å². The van der Waals surface area contributed by atoms with Crippen molar-refractivity contribution >= 4 is 5.97 Å². The average Bonchev–Trinajstić information content (AvgIpc) is 3.09. The number of nitrogens with one attached hydrogen (secondary N) is 1. The Morgan fingerprint density at radius 2 is 1.96 bits per heavy atom. The van der Waals surface area contributed by atoms with E-state index in [1.54, 1.807) is 0 Å². The molecule has 0 bridgehead atoms. The molecular formula is C17H13F2N3O3. The van der Waals surface area contributed by atoms with Crippen LogP contribution in [0.1, 0.15) is 15.9 Å². The lowest BCUT2D eigenvalue weighted by atomic mass is 10.2. The number of hydrogen-bond donors (Lipinski definition) is 1. The summed E-state index contributed by atoms with van der Waals surface area (Å²) in [5, 5.41) is 0. The Balaban J connectivity index is 1.87. The molecule has 0 spiro atoms. The molecule has 25 heavy (non-hydrogen) atoms. The van der Waals surface area contributed by atoms with Crippen molar-refractivity contribution in [2.75, 3.05) is 7.11 Å². The Morgan fingerprint density at radius 3 is 2.72 bits per heavy atom. The van der Waals surface area contributed by atoms with E-state index in [4.69, 9.17) is 4.74 Å². The van der Waals surface area contributed by atoms with Gasteiger partial charge in [0.1, 0.15) is 23.9 Å². The van der Waals surface area contributed by atoms with Crippen LogP contribution in [0.25, 0.3) is 11.4 Å². The number of ether oxygens (including phenoxy) is 2. The molecule has 3 aromatic rings. The molecular weight excluding hydrogens is 332 g/mol. The maximum Gasteiger partial charge on any atom is 0.339 e. The average molecular weight is 345 g/mol. The first-order valence-electron chi connectivity index (χ1n) is 7.21. The normalized spacial score (nSPS) is 10.5. The second-order valence-electron chi connectivity index (χ2n) is 5.09. The highest BCUT2D eigenvalue weighted by molar-refractivity contribution is 5.90. The number of nitrogens with zero attached hydrogens (tertiary/aromatic N) is 2. The monoisotopic (exact) mass is 345 g/mol. The standard InChI is InChI=1S/C17H13F2N3O3/c1-24-17(23)11-3-14(21-6-11)16-15(4-13(19)8-22-16)25-9-10-2-12(18)7-20-5-10/h2-8,21H,9H2,1H3. The molecule has 3 heterocycles. The lowest BCUT2D eigenvalue weighted by Crippen LogP contribution is -2.00. The SMILES string of the molecule is COC(=O)c1c[nH]c(-c2ncc(F)cc2OCc2cncc(F)c2)c1. The highest BCUT2D eigenvalue weighted by Gasteiger charge is 2.15. The molecule has 0 fully saturated rings. The summed E-state index contributed by atoms with van der Waals surface area (Å²) in [6.45, 7) is -0.0204. The van der Waals surface area contributed by atoms with Crippen LogP contribution < -0.4 is 4.74 Å². The van der Waals surface area contributed by atoms with E-state index in [9.17, 15) is 13.6 Å². The van der Waals surface area contributed by atoms with Crippen molar-refractivity contribution in [3.63, 3.8) is 0 Å². The Kier molecular flexibility index (Phi) is 4.69. The van der Waals surface area contributed by atoms with Crippen molar-refractivity contribution in [2.45, 2.75) is 6.61 Å². The molecule has 3 aromatic heterocycles. The van der Waals surface area contributed by atoms with Crippen LogP contribution >= 0.6 is 0 Å². The summed E-state index contributed by atoms with van der Waals surface area (Å²) in [5.41, 5.74) is 1.54. The van der Waals surface area contributed by atoms with E-state index >= 15 is 0 Å². The van der Waals surface area contributed by atoms with Gasteiger partial charge in [0, 0.05) is 24.0 Å². The lowest BCUT2D eigenvalue weighted by Gasteiger charge is -2.10. The largest absolute Gasteiger partial charge is 0.486 e. The van der Waals surface area contributed by atoms with Crippen molar-refractivity contribution in [3.8, 4) is 17.1 Å². The predicted octanol–water partition coefficient (Wildman–Crippen LogP) is 3.12. The predicted molar refractivity (Wildman–Crippen MR) is 83.8 cm³/mol. The fourth-order valence-corrected chi connectivity index (χ4v) is 2.20. The Morgan fingerprint density at radius 1 is 1.16 bits per heavy atom. The first-order valence-corrected chi connectivity index (χ1v) is 7.21. The molecule has 0 aliphatic rings. The number of H-pyrrole nitrogens is 1. The molecule has 0 saturated heterocycles. The Labute approximate surface area is 141 Å². The maximum absolute atomic E-state index is 13.5. The number of aromatic nitrogens is 3. The summed E-state index contributed by atoms with van der Waals surface area (Å²) >= 11 is 0. The lowest BCUT2D eigenvalue weighted by molar-refractivity contribution is 0.0601. The number of pyridine rings is 2. The van der Waals surface area contributed by atoms with Crippen LogP contribution in [0.4, 0.5) is 8.78 Å². The number of methoxy groups -OCH3 is 1. The maximum atomic E-state index is 13.5. The summed E-state index contributed by atoms with van der Waals surface area (Å²) in [4.78, 5) is 22.1. The van der Waals surface area contributed by atoms with Crippen molar-refractivity contribution < 1.29 is 23.0 Å². The number of esters is 1. The van der Waals surface area contributed by atoms with Gasteiger partial charge in [-0.25, -0.2) is 18.6 Å². The van der Waals surface area contributed by atoms with E-state index in [0.717, 1.165) is 18.5 Å². The number of carbonyl (C=O) groups excluding carboxylic acids is 1. The summed E-state index contributed by atoms with van der Waals surface area (Å²) in [5.74, 6) is -1.46. The van der Waals surface area contributed by atoms with E-state index in [0.29, 0.717) is 22.5 Å². The number of aromatic amines is 1. The fraction of sp³-hybridized carbons (Fsp3) is 0.118. The third kappa shape index (κ3) is 3.79. The molecule has 0 aliphatic heterocycles. The first kappa shape index (κ1) is 16.6. The number of carbonyl (C=O) groups is 1. The van der Waals surface area contributed by atoms with Gasteiger partial charge in [-0.1, -0.05) is 0 Å². The molecule has 0 unspecified atom stereocenters. The second kappa shape index (κ2) is 7.08. The fourth-order valence-electron chi connectivity index (χ4n) is 2.20. The first-order chi connectivity index (χ1) is 12.1. The van der Waals surface area contributed by atoms with Gasteiger partial charge in [-0.05, 0) is 12.1 Å². The molecule has 0 amide bonds. The van der Waals surface area contributed by atoms with E-state index < -0.39 is 17.6 Å². The van der Waals surface area contributed by atoms with Gasteiger partial charge in [0.05, 0.1) is 30.8 Å². The molecule has 6 nitrogen and oxygen atoms in total. The second-order valence-corrected chi connectivity index (χ2v) is 5.09. The molecule has 0 saturated carbocycles. The molecule has 1 N–H and O–H groups in total. The van der Waals surface area contributed by atoms with Crippen LogP contribution in [-0.4, -0.2) is 28.0 Å². The molecule has 128 valence electrons. The van der Waals surface area contributed by atoms with Crippen LogP contribution in [0.5, 0.6) is 5.75 Å². The van der Waals surface area contributed by atoms with Crippen LogP contribution in [0.3, 0.4) is 0 Å². The molecule has 0 radical (unpaired) electrons. The summed E-state index contributed by atoms with van der Waals surface area (Å²) in [6.07, 6.45) is 5.00. The Hall–Kier alpha value is -3.29. The van der Waals surface area contributed by atoms with Gasteiger partial charge in [-0.2, -0.15) is 0 Å². The van der Waals surface area contributed by atoms with Crippen molar-refractivity contribution in [2.24, 2.45) is 0 Å². The highest BCUT2D eigenvalue weighted by Crippen LogP contribution is 2.29.